The van der Waals surface area contributed by atoms with E-state index in [0.29, 0.717) is 5.69 Å². The van der Waals surface area contributed by atoms with E-state index in [1.54, 1.807) is 17.8 Å². The lowest BCUT2D eigenvalue weighted by Gasteiger charge is -2.33. The van der Waals surface area contributed by atoms with Crippen molar-refractivity contribution in [3.05, 3.63) is 52.6 Å². The average molecular weight is 392 g/mol. The van der Waals surface area contributed by atoms with Crippen LogP contribution in [-0.4, -0.2) is 41.5 Å². The van der Waals surface area contributed by atoms with Crippen LogP contribution < -0.4 is 5.32 Å². The number of benzene rings is 1. The summed E-state index contributed by atoms with van der Waals surface area (Å²) >= 11 is 5.03. The van der Waals surface area contributed by atoms with Crippen LogP contribution in [0.15, 0.2) is 56.9 Å². The quantitative estimate of drug-likeness (QED) is 0.870. The molecular weight excluding hydrogens is 374 g/mol. The van der Waals surface area contributed by atoms with Crippen LogP contribution in [0.5, 0.6) is 0 Å². The van der Waals surface area contributed by atoms with Crippen molar-refractivity contribution < 1.29 is 4.79 Å². The number of nitrogens with one attached hydrogen (secondary N) is 1. The molecule has 1 N–H and O–H groups in total. The van der Waals surface area contributed by atoms with Crippen molar-refractivity contribution in [2.45, 2.75) is 22.9 Å². The zero-order valence-corrected chi connectivity index (χ0v) is 15.2. The van der Waals surface area contributed by atoms with Gasteiger partial charge in [0.05, 0.1) is 0 Å². The summed E-state index contributed by atoms with van der Waals surface area (Å²) in [4.78, 5) is 20.2. The van der Waals surface area contributed by atoms with Gasteiger partial charge in [-0.1, -0.05) is 39.8 Å². The van der Waals surface area contributed by atoms with E-state index in [9.17, 15) is 4.79 Å². The Bertz CT molecular complexity index is 710. The minimum Gasteiger partial charge on any atom is -0.332 e. The second-order valence-corrected chi connectivity index (χ2v) is 7.48. The first kappa shape index (κ1) is 16.5. The molecule has 6 heteroatoms. The molecule has 1 aromatic heterocycles. The Morgan fingerprint density at radius 2 is 2.17 bits per heavy atom. The number of halogens is 1. The summed E-state index contributed by atoms with van der Waals surface area (Å²) in [7, 11) is 0. The van der Waals surface area contributed by atoms with Crippen LogP contribution >= 0.6 is 27.7 Å². The summed E-state index contributed by atoms with van der Waals surface area (Å²) in [5.74, 6) is 0.00990. The highest BCUT2D eigenvalue weighted by molar-refractivity contribution is 9.10. The summed E-state index contributed by atoms with van der Waals surface area (Å²) in [6.07, 6.45) is 0. The molecule has 3 rings (SSSR count). The van der Waals surface area contributed by atoms with E-state index < -0.39 is 0 Å². The molecule has 2 aromatic rings. The van der Waals surface area contributed by atoms with E-state index in [4.69, 9.17) is 0 Å². The third kappa shape index (κ3) is 4.13. The largest absolute Gasteiger partial charge is 0.332 e. The molecule has 120 valence electrons. The van der Waals surface area contributed by atoms with Crippen molar-refractivity contribution in [3.8, 4) is 0 Å². The van der Waals surface area contributed by atoms with Crippen LogP contribution in [0.1, 0.15) is 17.4 Å². The molecule has 23 heavy (non-hydrogen) atoms. The third-order valence-electron chi connectivity index (χ3n) is 3.72. The average Bonchev–Trinajstić information content (AvgIpc) is 2.55. The summed E-state index contributed by atoms with van der Waals surface area (Å²) in [6.45, 7) is 4.45. The summed E-state index contributed by atoms with van der Waals surface area (Å²) in [5, 5.41) is 4.13. The van der Waals surface area contributed by atoms with E-state index in [1.165, 1.54) is 0 Å². The number of piperazine rings is 1. The van der Waals surface area contributed by atoms with Gasteiger partial charge in [-0.15, -0.1) is 0 Å². The first-order chi connectivity index (χ1) is 11.1. The van der Waals surface area contributed by atoms with E-state index in [0.717, 1.165) is 34.0 Å². The SMILES string of the molecule is C[C@H]1CNCCN1C(=O)c1cccc(Sc2cccc(Br)c2)n1. The fourth-order valence-corrected chi connectivity index (χ4v) is 3.95. The highest BCUT2D eigenvalue weighted by Crippen LogP contribution is 2.28. The van der Waals surface area contributed by atoms with Gasteiger partial charge in [-0.05, 0) is 37.3 Å². The Kier molecular flexibility index (Phi) is 5.35. The molecular formula is C17H18BrN3OS. The molecule has 2 heterocycles. The summed E-state index contributed by atoms with van der Waals surface area (Å²) in [5.41, 5.74) is 0.513. The molecule has 1 saturated heterocycles. The maximum atomic E-state index is 12.7. The molecule has 1 atom stereocenters. The predicted octanol–water partition coefficient (Wildman–Crippen LogP) is 3.43. The van der Waals surface area contributed by atoms with Crippen LogP contribution in [0.3, 0.4) is 0 Å². The number of carbonyl (C=O) groups is 1. The molecule has 1 amide bonds. The lowest BCUT2D eigenvalue weighted by molar-refractivity contribution is 0.0649. The van der Waals surface area contributed by atoms with Gasteiger partial charge in [0.15, 0.2) is 0 Å². The lowest BCUT2D eigenvalue weighted by atomic mass is 10.2. The highest BCUT2D eigenvalue weighted by atomic mass is 79.9. The van der Waals surface area contributed by atoms with Crippen LogP contribution in [0.4, 0.5) is 0 Å². The van der Waals surface area contributed by atoms with Gasteiger partial charge >= 0.3 is 0 Å². The first-order valence-corrected chi connectivity index (χ1v) is 9.16. The smallest absolute Gasteiger partial charge is 0.272 e. The van der Waals surface area contributed by atoms with Crippen molar-refractivity contribution in [1.29, 1.82) is 0 Å². The van der Waals surface area contributed by atoms with E-state index in [2.05, 4.69) is 33.2 Å². The number of hydrogen-bond acceptors (Lipinski definition) is 4. The topological polar surface area (TPSA) is 45.2 Å². The van der Waals surface area contributed by atoms with Crippen molar-refractivity contribution in [1.82, 2.24) is 15.2 Å². The normalized spacial score (nSPS) is 18.0. The zero-order chi connectivity index (χ0) is 16.2. The van der Waals surface area contributed by atoms with Gasteiger partial charge in [0.2, 0.25) is 0 Å². The molecule has 0 radical (unpaired) electrons. The Morgan fingerprint density at radius 3 is 2.96 bits per heavy atom. The molecule has 0 saturated carbocycles. The summed E-state index contributed by atoms with van der Waals surface area (Å²) < 4.78 is 1.03. The van der Waals surface area contributed by atoms with E-state index in [-0.39, 0.29) is 11.9 Å². The number of rotatable bonds is 3. The Hall–Kier alpha value is -1.37. The number of amides is 1. The molecule has 1 aliphatic rings. The van der Waals surface area contributed by atoms with Crippen LogP contribution in [0.25, 0.3) is 0 Å². The van der Waals surface area contributed by atoms with Gasteiger partial charge in [-0.2, -0.15) is 0 Å². The van der Waals surface area contributed by atoms with Gasteiger partial charge in [-0.3, -0.25) is 4.79 Å². The van der Waals surface area contributed by atoms with Crippen molar-refractivity contribution in [2.75, 3.05) is 19.6 Å². The number of hydrogen-bond donors (Lipinski definition) is 1. The minimum absolute atomic E-state index is 0.00990. The van der Waals surface area contributed by atoms with Gasteiger partial charge in [0, 0.05) is 35.0 Å². The van der Waals surface area contributed by atoms with Crippen molar-refractivity contribution >= 4 is 33.6 Å². The molecule has 0 bridgehead atoms. The van der Waals surface area contributed by atoms with Gasteiger partial charge in [-0.25, -0.2) is 4.98 Å². The number of nitrogens with zero attached hydrogens (tertiary/aromatic N) is 2. The second kappa shape index (κ2) is 7.47. The Morgan fingerprint density at radius 1 is 1.35 bits per heavy atom. The fourth-order valence-electron chi connectivity index (χ4n) is 2.53. The monoisotopic (exact) mass is 391 g/mol. The number of carbonyl (C=O) groups excluding carboxylic acids is 1. The maximum Gasteiger partial charge on any atom is 0.272 e. The van der Waals surface area contributed by atoms with Gasteiger partial charge in [0.25, 0.3) is 5.91 Å². The highest BCUT2D eigenvalue weighted by Gasteiger charge is 2.24. The zero-order valence-electron chi connectivity index (χ0n) is 12.8. The van der Waals surface area contributed by atoms with Crippen LogP contribution in [0, 0.1) is 0 Å². The molecule has 1 aliphatic heterocycles. The molecule has 1 fully saturated rings. The van der Waals surface area contributed by atoms with Crippen molar-refractivity contribution in [2.24, 2.45) is 0 Å². The van der Waals surface area contributed by atoms with E-state index in [1.807, 2.05) is 41.3 Å². The van der Waals surface area contributed by atoms with Crippen molar-refractivity contribution in [3.63, 3.8) is 0 Å². The predicted molar refractivity (Wildman–Crippen MR) is 95.9 cm³/mol. The molecule has 0 unspecified atom stereocenters. The number of pyridine rings is 1. The lowest BCUT2D eigenvalue weighted by Crippen LogP contribution is -2.52. The summed E-state index contributed by atoms with van der Waals surface area (Å²) in [6, 6.07) is 13.9. The van der Waals surface area contributed by atoms with Crippen LogP contribution in [-0.2, 0) is 0 Å². The maximum absolute atomic E-state index is 12.7. The van der Waals surface area contributed by atoms with Gasteiger partial charge in [0.1, 0.15) is 10.7 Å². The minimum atomic E-state index is 0.00990. The molecule has 4 nitrogen and oxygen atoms in total. The standard InChI is InChI=1S/C17H18BrN3OS/c1-12-11-19-8-9-21(12)17(22)15-6-3-7-16(20-15)23-14-5-2-4-13(18)10-14/h2-7,10,12,19H,8-9,11H2,1H3/t12-/m0/s1. The Balaban J connectivity index is 1.78. The first-order valence-electron chi connectivity index (χ1n) is 7.55. The van der Waals surface area contributed by atoms with Gasteiger partial charge < -0.3 is 10.2 Å². The Labute approximate surface area is 148 Å². The number of aromatic nitrogens is 1. The molecule has 1 aromatic carbocycles. The molecule has 0 spiro atoms. The molecule has 0 aliphatic carbocycles. The second-order valence-electron chi connectivity index (χ2n) is 5.47. The van der Waals surface area contributed by atoms with E-state index >= 15 is 0 Å². The fraction of sp³-hybridized carbons (Fsp3) is 0.294. The third-order valence-corrected chi connectivity index (χ3v) is 5.14. The van der Waals surface area contributed by atoms with Crippen LogP contribution in [0.2, 0.25) is 0 Å².